The van der Waals surface area contributed by atoms with E-state index in [0.29, 0.717) is 6.04 Å². The molecule has 1 aromatic heterocycles. The normalized spacial score (nSPS) is 17.2. The van der Waals surface area contributed by atoms with Crippen LogP contribution in [0.3, 0.4) is 0 Å². The number of fused-ring (bicyclic) bond motifs is 1. The van der Waals surface area contributed by atoms with Crippen LogP contribution in [0.4, 0.5) is 0 Å². The van der Waals surface area contributed by atoms with E-state index in [4.69, 9.17) is 0 Å². The molecule has 0 saturated carbocycles. The van der Waals surface area contributed by atoms with Crippen LogP contribution in [0, 0.1) is 0 Å². The lowest BCUT2D eigenvalue weighted by atomic mass is 9.94. The molecule has 2 heterocycles. The molecule has 3 nitrogen and oxygen atoms in total. The van der Waals surface area contributed by atoms with Crippen LogP contribution in [0.2, 0.25) is 0 Å². The van der Waals surface area contributed by atoms with Crippen LogP contribution < -0.4 is 5.32 Å². The van der Waals surface area contributed by atoms with Crippen LogP contribution in [0.15, 0.2) is 60.8 Å². The number of aromatic amines is 1. The molecule has 4 rings (SSSR count). The second-order valence-corrected chi connectivity index (χ2v) is 8.16. The fraction of sp³-hybridized carbons (Fsp3) is 0.304. The van der Waals surface area contributed by atoms with Crippen LogP contribution in [0.25, 0.3) is 16.5 Å². The van der Waals surface area contributed by atoms with E-state index >= 15 is 0 Å². The molecule has 27 heavy (non-hydrogen) atoms. The van der Waals surface area contributed by atoms with Gasteiger partial charge in [0.1, 0.15) is 0 Å². The van der Waals surface area contributed by atoms with E-state index in [1.807, 2.05) is 23.9 Å². The highest BCUT2D eigenvalue weighted by atomic mass is 32.2. The molecule has 0 aliphatic carbocycles. The van der Waals surface area contributed by atoms with Gasteiger partial charge < -0.3 is 15.4 Å². The molecule has 3 aromatic rings. The highest BCUT2D eigenvalue weighted by molar-refractivity contribution is 7.98. The van der Waals surface area contributed by atoms with Gasteiger partial charge in [-0.05, 0) is 35.3 Å². The second-order valence-electron chi connectivity index (χ2n) is 7.06. The third kappa shape index (κ3) is 4.29. The number of hydrogen-bond donors (Lipinski definition) is 3. The molecule has 1 unspecified atom stereocenters. The van der Waals surface area contributed by atoms with Gasteiger partial charge in [-0.1, -0.05) is 54.6 Å². The van der Waals surface area contributed by atoms with Crippen molar-refractivity contribution in [1.29, 1.82) is 0 Å². The van der Waals surface area contributed by atoms with Crippen LogP contribution in [0.1, 0.15) is 29.5 Å². The molecule has 4 heteroatoms. The predicted molar refractivity (Wildman–Crippen MR) is 116 cm³/mol. The summed E-state index contributed by atoms with van der Waals surface area (Å²) >= 11 is 1.99. The van der Waals surface area contributed by atoms with E-state index in [9.17, 15) is 5.11 Å². The van der Waals surface area contributed by atoms with Gasteiger partial charge in [0.05, 0.1) is 12.1 Å². The van der Waals surface area contributed by atoms with Crippen LogP contribution in [-0.4, -0.2) is 28.4 Å². The lowest BCUT2D eigenvalue weighted by molar-refractivity contribution is 0.283. The number of aliphatic hydroxyl groups is 1. The monoisotopic (exact) mass is 378 g/mol. The summed E-state index contributed by atoms with van der Waals surface area (Å²) in [5, 5.41) is 14.3. The summed E-state index contributed by atoms with van der Waals surface area (Å²) in [4.78, 5) is 3.33. The molecule has 140 valence electrons. The number of rotatable bonds is 7. The van der Waals surface area contributed by atoms with Gasteiger partial charge in [-0.2, -0.15) is 11.8 Å². The summed E-state index contributed by atoms with van der Waals surface area (Å²) < 4.78 is 0. The van der Waals surface area contributed by atoms with Gasteiger partial charge in [-0.25, -0.2) is 0 Å². The third-order valence-corrected chi connectivity index (χ3v) is 6.33. The lowest BCUT2D eigenvalue weighted by Gasteiger charge is -2.24. The molecule has 1 atom stereocenters. The average molecular weight is 379 g/mol. The first kappa shape index (κ1) is 18.4. The third-order valence-electron chi connectivity index (χ3n) is 5.29. The fourth-order valence-electron chi connectivity index (χ4n) is 3.80. The summed E-state index contributed by atoms with van der Waals surface area (Å²) in [6.07, 6.45) is 6.70. The van der Waals surface area contributed by atoms with Crippen molar-refractivity contribution in [2.75, 3.05) is 12.3 Å². The van der Waals surface area contributed by atoms with Gasteiger partial charge in [0, 0.05) is 35.5 Å². The van der Waals surface area contributed by atoms with Crippen molar-refractivity contribution >= 4 is 28.2 Å². The summed E-state index contributed by atoms with van der Waals surface area (Å²) in [5.74, 6) is 2.15. The number of aliphatic hydroxyl groups excluding tert-OH is 1. The standard InChI is InChI=1S/C23H26N2OS/c26-15-19-7-4-8-22-20(14-25-23(19)22)16-27-12-10-21-13-18(9-11-24-21)17-5-2-1-3-6-17/h1-9,14,21,24-26H,10-13,15-16H2. The van der Waals surface area contributed by atoms with E-state index in [1.165, 1.54) is 28.5 Å². The summed E-state index contributed by atoms with van der Waals surface area (Å²) in [6.45, 7) is 1.04. The van der Waals surface area contributed by atoms with Crippen molar-refractivity contribution in [1.82, 2.24) is 10.3 Å². The fourth-order valence-corrected chi connectivity index (χ4v) is 4.85. The number of para-hydroxylation sites is 1. The maximum atomic E-state index is 9.47. The van der Waals surface area contributed by atoms with Crippen molar-refractivity contribution in [3.63, 3.8) is 0 Å². The maximum absolute atomic E-state index is 9.47. The quantitative estimate of drug-likeness (QED) is 0.521. The molecule has 2 aromatic carbocycles. The Morgan fingerprint density at radius 2 is 1.93 bits per heavy atom. The number of nitrogens with one attached hydrogen (secondary N) is 2. The molecule has 0 spiro atoms. The number of benzene rings is 2. The first-order valence-electron chi connectivity index (χ1n) is 9.59. The minimum absolute atomic E-state index is 0.0784. The molecule has 0 fully saturated rings. The van der Waals surface area contributed by atoms with Crippen molar-refractivity contribution in [2.24, 2.45) is 0 Å². The number of H-pyrrole nitrogens is 1. The Morgan fingerprint density at radius 1 is 1.04 bits per heavy atom. The highest BCUT2D eigenvalue weighted by Gasteiger charge is 2.16. The summed E-state index contributed by atoms with van der Waals surface area (Å²) in [5.41, 5.74) is 6.19. The Kier molecular flexibility index (Phi) is 5.97. The Bertz CT molecular complexity index is 917. The Hall–Kier alpha value is -2.01. The number of hydrogen-bond acceptors (Lipinski definition) is 3. The first-order valence-corrected chi connectivity index (χ1v) is 10.7. The summed E-state index contributed by atoms with van der Waals surface area (Å²) in [7, 11) is 0. The minimum Gasteiger partial charge on any atom is -0.392 e. The molecule has 0 saturated heterocycles. The summed E-state index contributed by atoms with van der Waals surface area (Å²) in [6, 6.07) is 17.4. The molecular weight excluding hydrogens is 352 g/mol. The van der Waals surface area contributed by atoms with Crippen LogP contribution >= 0.6 is 11.8 Å². The predicted octanol–water partition coefficient (Wildman–Crippen LogP) is 4.73. The zero-order chi connectivity index (χ0) is 18.5. The Morgan fingerprint density at radius 3 is 2.78 bits per heavy atom. The van der Waals surface area contributed by atoms with Crippen molar-refractivity contribution in [3.8, 4) is 0 Å². The van der Waals surface area contributed by atoms with E-state index in [2.05, 4.69) is 59.0 Å². The largest absolute Gasteiger partial charge is 0.392 e. The molecule has 0 bridgehead atoms. The van der Waals surface area contributed by atoms with Gasteiger partial charge in [-0.3, -0.25) is 0 Å². The van der Waals surface area contributed by atoms with Gasteiger partial charge in [-0.15, -0.1) is 0 Å². The van der Waals surface area contributed by atoms with E-state index in [0.717, 1.165) is 35.6 Å². The average Bonchev–Trinajstić information content (AvgIpc) is 3.15. The first-order chi connectivity index (χ1) is 13.3. The van der Waals surface area contributed by atoms with E-state index in [-0.39, 0.29) is 6.61 Å². The van der Waals surface area contributed by atoms with Gasteiger partial charge in [0.25, 0.3) is 0 Å². The SMILES string of the molecule is OCc1cccc2c(CSCCC3CC(c4ccccc4)=CCN3)c[nH]c12. The van der Waals surface area contributed by atoms with Crippen molar-refractivity contribution in [3.05, 3.63) is 77.5 Å². The zero-order valence-corrected chi connectivity index (χ0v) is 16.3. The molecule has 1 aliphatic heterocycles. The van der Waals surface area contributed by atoms with Gasteiger partial charge in [0.2, 0.25) is 0 Å². The van der Waals surface area contributed by atoms with Crippen molar-refractivity contribution < 1.29 is 5.11 Å². The van der Waals surface area contributed by atoms with E-state index < -0.39 is 0 Å². The smallest absolute Gasteiger partial charge is 0.0702 e. The zero-order valence-electron chi connectivity index (χ0n) is 15.4. The second kappa shape index (κ2) is 8.79. The van der Waals surface area contributed by atoms with Gasteiger partial charge >= 0.3 is 0 Å². The highest BCUT2D eigenvalue weighted by Crippen LogP contribution is 2.27. The lowest BCUT2D eigenvalue weighted by Crippen LogP contribution is -2.33. The molecule has 1 aliphatic rings. The topological polar surface area (TPSA) is 48.0 Å². The van der Waals surface area contributed by atoms with E-state index in [1.54, 1.807) is 0 Å². The molecule has 0 radical (unpaired) electrons. The molecular formula is C23H26N2OS. The molecule has 0 amide bonds. The van der Waals surface area contributed by atoms with Crippen LogP contribution in [-0.2, 0) is 12.4 Å². The van der Waals surface area contributed by atoms with Gasteiger partial charge in [0.15, 0.2) is 0 Å². The Labute approximate surface area is 164 Å². The molecule has 3 N–H and O–H groups in total. The maximum Gasteiger partial charge on any atom is 0.0702 e. The number of aromatic nitrogens is 1. The minimum atomic E-state index is 0.0784. The Balaban J connectivity index is 1.29. The van der Waals surface area contributed by atoms with Crippen LogP contribution in [0.5, 0.6) is 0 Å². The number of thioether (sulfide) groups is 1. The van der Waals surface area contributed by atoms with Crippen molar-refractivity contribution in [2.45, 2.75) is 31.2 Å².